The summed E-state index contributed by atoms with van der Waals surface area (Å²) in [4.78, 5) is 53.1. The van der Waals surface area contributed by atoms with Crippen molar-refractivity contribution in [1.82, 2.24) is 4.90 Å². The zero-order valence-electron chi connectivity index (χ0n) is 36.9. The number of rotatable bonds is 26. The molecule has 58 heavy (non-hydrogen) atoms. The highest BCUT2D eigenvalue weighted by atomic mass is 16.7. The third-order valence-corrected chi connectivity index (χ3v) is 15.0. The van der Waals surface area contributed by atoms with Crippen molar-refractivity contribution in [3.63, 3.8) is 0 Å². The van der Waals surface area contributed by atoms with Gasteiger partial charge in [-0.25, -0.2) is 4.79 Å². The van der Waals surface area contributed by atoms with Crippen LogP contribution in [0.15, 0.2) is 0 Å². The second kappa shape index (κ2) is 24.8. The molecule has 6 rings (SSSR count). The third kappa shape index (κ3) is 15.9. The lowest BCUT2D eigenvalue weighted by Crippen LogP contribution is -2.47. The Kier molecular flexibility index (Phi) is 20.0. The third-order valence-electron chi connectivity index (χ3n) is 15.0. The summed E-state index contributed by atoms with van der Waals surface area (Å²) in [6.45, 7) is 9.85. The summed E-state index contributed by atoms with van der Waals surface area (Å²) in [6, 6.07) is 0. The van der Waals surface area contributed by atoms with Crippen LogP contribution >= 0.6 is 0 Å². The maximum atomic E-state index is 13.2. The Balaban J connectivity index is 0.942. The van der Waals surface area contributed by atoms with Crippen LogP contribution in [0.4, 0.5) is 4.79 Å². The molecule has 6 saturated carbocycles. The summed E-state index contributed by atoms with van der Waals surface area (Å²) in [7, 11) is 0. The van der Waals surface area contributed by atoms with Gasteiger partial charge < -0.3 is 28.6 Å². The quantitative estimate of drug-likeness (QED) is 0.0474. The first-order valence-electron chi connectivity index (χ1n) is 24.1. The summed E-state index contributed by atoms with van der Waals surface area (Å²) < 4.78 is 27.7. The summed E-state index contributed by atoms with van der Waals surface area (Å²) in [5, 5.41) is 0. The van der Waals surface area contributed by atoms with Gasteiger partial charge in [0.15, 0.2) is 0 Å². The van der Waals surface area contributed by atoms with E-state index in [0.29, 0.717) is 38.2 Å². The molecule has 6 fully saturated rings. The van der Waals surface area contributed by atoms with Crippen LogP contribution in [-0.2, 0) is 38.1 Å². The second-order valence-electron chi connectivity index (χ2n) is 19.6. The molecule has 4 bridgehead atoms. The first kappa shape index (κ1) is 46.7. The van der Waals surface area contributed by atoms with Crippen molar-refractivity contribution in [2.75, 3.05) is 52.7 Å². The average molecular weight is 816 g/mol. The van der Waals surface area contributed by atoms with Gasteiger partial charge in [-0.2, -0.15) is 0 Å². The van der Waals surface area contributed by atoms with Crippen LogP contribution < -0.4 is 0 Å². The number of unbranched alkanes of at least 4 members (excludes halogenated alkanes) is 3. The Morgan fingerprint density at radius 1 is 0.586 bits per heavy atom. The highest BCUT2D eigenvalue weighted by Crippen LogP contribution is 2.61. The molecule has 10 heteroatoms. The van der Waals surface area contributed by atoms with Crippen LogP contribution in [0, 0.1) is 52.8 Å². The molecule has 1 atom stereocenters. The molecule has 0 heterocycles. The first-order chi connectivity index (χ1) is 28.2. The number of hydrogen-bond acceptors (Lipinski definition) is 10. The highest BCUT2D eigenvalue weighted by molar-refractivity contribution is 5.71. The van der Waals surface area contributed by atoms with Crippen LogP contribution in [0.1, 0.15) is 175 Å². The van der Waals surface area contributed by atoms with E-state index >= 15 is 0 Å². The van der Waals surface area contributed by atoms with Gasteiger partial charge in [-0.1, -0.05) is 59.3 Å². The topological polar surface area (TPSA) is 118 Å². The fraction of sp³-hybridized carbons (Fsp3) is 0.917. The van der Waals surface area contributed by atoms with Gasteiger partial charge in [0.1, 0.15) is 19.8 Å². The predicted molar refractivity (Wildman–Crippen MR) is 225 cm³/mol. The number of esters is 3. The van der Waals surface area contributed by atoms with Crippen LogP contribution in [-0.4, -0.2) is 81.6 Å². The molecule has 6 aliphatic carbocycles. The number of hydrogen-bond donors (Lipinski definition) is 0. The molecule has 0 aliphatic heterocycles. The Morgan fingerprint density at radius 2 is 1.12 bits per heavy atom. The van der Waals surface area contributed by atoms with E-state index in [1.165, 1.54) is 83.5 Å². The Morgan fingerprint density at radius 3 is 1.69 bits per heavy atom. The van der Waals surface area contributed by atoms with E-state index in [9.17, 15) is 19.2 Å². The number of carbonyl (C=O) groups excluding carboxylic acids is 4. The van der Waals surface area contributed by atoms with Crippen LogP contribution in [0.3, 0.4) is 0 Å². The smallest absolute Gasteiger partial charge is 0.465 e. The maximum absolute atomic E-state index is 13.2. The average Bonchev–Trinajstić information content (AvgIpc) is 3.21. The Labute approximate surface area is 351 Å². The fourth-order valence-electron chi connectivity index (χ4n) is 12.0. The number of carbonyl (C=O) groups is 4. The summed E-state index contributed by atoms with van der Waals surface area (Å²) in [5.41, 5.74) is 0.0667. The van der Waals surface area contributed by atoms with E-state index in [1.54, 1.807) is 0 Å². The summed E-state index contributed by atoms with van der Waals surface area (Å²) in [6.07, 6.45) is 25.3. The summed E-state index contributed by atoms with van der Waals surface area (Å²) in [5.74, 6) is 4.11. The maximum Gasteiger partial charge on any atom is 0.508 e. The molecular formula is C48H81NO9. The standard InChI is InChI=1S/C48H81NO9/c1-4-7-8-12-36-15-19-42(20-16-36)43-21-17-37(18-22-43)32-55-44(50)13-9-10-14-45(51)56-33-41(35-58-47(53)54-24-11-23-49(5-2)6-3)34-57-46(52)31-48-28-38-25-39(29-48)27-40(26-38)30-48/h36-43H,4-35H2,1-3H3. The second-order valence-corrected chi connectivity index (χ2v) is 19.6. The van der Waals surface area contributed by atoms with E-state index in [-0.39, 0.29) is 62.6 Å². The van der Waals surface area contributed by atoms with Crippen molar-refractivity contribution in [3.8, 4) is 0 Å². The predicted octanol–water partition coefficient (Wildman–Crippen LogP) is 10.5. The van der Waals surface area contributed by atoms with Crippen molar-refractivity contribution in [2.45, 2.75) is 175 Å². The lowest BCUT2D eigenvalue weighted by Gasteiger charge is -2.56. The van der Waals surface area contributed by atoms with Gasteiger partial charge in [0.25, 0.3) is 0 Å². The van der Waals surface area contributed by atoms with E-state index in [0.717, 1.165) is 87.2 Å². The van der Waals surface area contributed by atoms with E-state index in [1.807, 2.05) is 0 Å². The molecule has 0 N–H and O–H groups in total. The normalized spacial score (nSPS) is 29.5. The number of nitrogens with zero attached hydrogens (tertiary/aromatic N) is 1. The van der Waals surface area contributed by atoms with E-state index in [4.69, 9.17) is 23.7 Å². The van der Waals surface area contributed by atoms with Gasteiger partial charge in [-0.05, 0) is 156 Å². The molecule has 6 aliphatic rings. The molecule has 1 unspecified atom stereocenters. The minimum absolute atomic E-state index is 0.00139. The fourth-order valence-corrected chi connectivity index (χ4v) is 12.0. The van der Waals surface area contributed by atoms with Crippen molar-refractivity contribution in [3.05, 3.63) is 0 Å². The van der Waals surface area contributed by atoms with E-state index < -0.39 is 12.1 Å². The van der Waals surface area contributed by atoms with Gasteiger partial charge >= 0.3 is 24.1 Å². The highest BCUT2D eigenvalue weighted by Gasteiger charge is 2.51. The lowest BCUT2D eigenvalue weighted by molar-refractivity contribution is -0.156. The SMILES string of the molecule is CCCCCC1CCC(C2CCC(COC(=O)CCCCC(=O)OCC(COC(=O)CC34CC5CC(CC(C5)C3)C4)COC(=O)OCCCN(CC)CC)CC2)CC1. The van der Waals surface area contributed by atoms with Crippen LogP contribution in [0.5, 0.6) is 0 Å². The summed E-state index contributed by atoms with van der Waals surface area (Å²) >= 11 is 0. The Bertz CT molecular complexity index is 1200. The minimum Gasteiger partial charge on any atom is -0.465 e. The molecule has 0 spiro atoms. The van der Waals surface area contributed by atoms with Crippen LogP contribution in [0.25, 0.3) is 0 Å². The molecule has 0 radical (unpaired) electrons. The van der Waals surface area contributed by atoms with Crippen molar-refractivity contribution < 1.29 is 42.9 Å². The monoisotopic (exact) mass is 816 g/mol. The van der Waals surface area contributed by atoms with Gasteiger partial charge in [-0.3, -0.25) is 14.4 Å². The van der Waals surface area contributed by atoms with Gasteiger partial charge in [0.2, 0.25) is 0 Å². The molecule has 0 aromatic rings. The van der Waals surface area contributed by atoms with Gasteiger partial charge in [0.05, 0.1) is 25.6 Å². The van der Waals surface area contributed by atoms with Crippen LogP contribution in [0.2, 0.25) is 0 Å². The van der Waals surface area contributed by atoms with Gasteiger partial charge in [-0.15, -0.1) is 0 Å². The van der Waals surface area contributed by atoms with Crippen molar-refractivity contribution >= 4 is 24.1 Å². The molecule has 0 aromatic heterocycles. The van der Waals surface area contributed by atoms with Crippen molar-refractivity contribution in [1.29, 1.82) is 0 Å². The van der Waals surface area contributed by atoms with Crippen molar-refractivity contribution in [2.24, 2.45) is 52.8 Å². The first-order valence-corrected chi connectivity index (χ1v) is 24.1. The molecule has 0 aromatic carbocycles. The lowest BCUT2D eigenvalue weighted by atomic mass is 9.49. The molecule has 332 valence electrons. The molecular weight excluding hydrogens is 735 g/mol. The van der Waals surface area contributed by atoms with E-state index in [2.05, 4.69) is 25.7 Å². The largest absolute Gasteiger partial charge is 0.508 e. The Hall–Kier alpha value is -2.36. The minimum atomic E-state index is -0.777. The molecule has 10 nitrogen and oxygen atoms in total. The molecule has 0 saturated heterocycles. The molecule has 0 amide bonds. The van der Waals surface area contributed by atoms with Gasteiger partial charge in [0, 0.05) is 19.4 Å². The zero-order valence-corrected chi connectivity index (χ0v) is 36.9. The zero-order chi connectivity index (χ0) is 41.2. The number of ether oxygens (including phenoxy) is 5.